The quantitative estimate of drug-likeness (QED) is 0.871. The molecule has 1 N–H and O–H groups in total. The van der Waals surface area contributed by atoms with Crippen molar-refractivity contribution in [1.29, 1.82) is 0 Å². The molecular formula is C13H13BrFN3. The van der Waals surface area contributed by atoms with Crippen molar-refractivity contribution in [3.8, 4) is 0 Å². The topological polar surface area (TPSA) is 37.8 Å². The highest BCUT2D eigenvalue weighted by Crippen LogP contribution is 2.21. The number of rotatable bonds is 3. The van der Waals surface area contributed by atoms with Crippen LogP contribution in [0.3, 0.4) is 0 Å². The van der Waals surface area contributed by atoms with Crippen LogP contribution in [0.2, 0.25) is 0 Å². The lowest BCUT2D eigenvalue weighted by atomic mass is 10.2. The molecule has 0 aliphatic rings. The van der Waals surface area contributed by atoms with Gasteiger partial charge in [0.05, 0.1) is 5.69 Å². The van der Waals surface area contributed by atoms with Crippen LogP contribution in [0.4, 0.5) is 15.9 Å². The molecule has 0 amide bonds. The van der Waals surface area contributed by atoms with Gasteiger partial charge in [-0.25, -0.2) is 14.4 Å². The normalized spacial score (nSPS) is 10.4. The highest BCUT2D eigenvalue weighted by Gasteiger charge is 2.06. The highest BCUT2D eigenvalue weighted by molar-refractivity contribution is 9.10. The van der Waals surface area contributed by atoms with Crippen molar-refractivity contribution >= 4 is 27.4 Å². The van der Waals surface area contributed by atoms with Gasteiger partial charge in [-0.2, -0.15) is 0 Å². The molecule has 5 heteroatoms. The van der Waals surface area contributed by atoms with Crippen molar-refractivity contribution in [2.75, 3.05) is 5.32 Å². The fraction of sp³-hybridized carbons (Fsp3) is 0.231. The van der Waals surface area contributed by atoms with Gasteiger partial charge < -0.3 is 5.32 Å². The Balaban J connectivity index is 2.30. The van der Waals surface area contributed by atoms with Crippen molar-refractivity contribution in [3.63, 3.8) is 0 Å². The molecule has 0 aliphatic heterocycles. The van der Waals surface area contributed by atoms with E-state index >= 15 is 0 Å². The molecule has 1 aromatic carbocycles. The zero-order valence-corrected chi connectivity index (χ0v) is 11.8. The Morgan fingerprint density at radius 3 is 2.72 bits per heavy atom. The Hall–Kier alpha value is -1.49. The lowest BCUT2D eigenvalue weighted by Gasteiger charge is -2.08. The second-order valence-corrected chi connectivity index (χ2v) is 4.77. The Kier molecular flexibility index (Phi) is 3.91. The first kappa shape index (κ1) is 13.0. The molecule has 0 bridgehead atoms. The molecule has 0 fully saturated rings. The number of halogens is 2. The smallest absolute Gasteiger partial charge is 0.146 e. The standard InChI is InChI=1S/C13H13BrFN3/c1-3-12-17-11(14)7-13(18-12)16-10-5-4-8(2)6-9(10)15/h4-7H,3H2,1-2H3,(H,16,17,18). The number of hydrogen-bond acceptors (Lipinski definition) is 3. The van der Waals surface area contributed by atoms with Crippen LogP contribution in [0.25, 0.3) is 0 Å². The zero-order valence-electron chi connectivity index (χ0n) is 10.2. The van der Waals surface area contributed by atoms with Crippen LogP contribution < -0.4 is 5.32 Å². The van der Waals surface area contributed by atoms with Crippen LogP contribution in [-0.2, 0) is 6.42 Å². The van der Waals surface area contributed by atoms with Gasteiger partial charge in [0.1, 0.15) is 22.1 Å². The molecule has 0 spiro atoms. The Labute approximate surface area is 114 Å². The van der Waals surface area contributed by atoms with Gasteiger partial charge in [0.25, 0.3) is 0 Å². The summed E-state index contributed by atoms with van der Waals surface area (Å²) < 4.78 is 14.4. The van der Waals surface area contributed by atoms with E-state index in [1.165, 1.54) is 6.07 Å². The Morgan fingerprint density at radius 2 is 2.06 bits per heavy atom. The predicted molar refractivity (Wildman–Crippen MR) is 73.5 cm³/mol. The summed E-state index contributed by atoms with van der Waals surface area (Å²) >= 11 is 3.31. The number of aromatic nitrogens is 2. The second kappa shape index (κ2) is 5.44. The number of hydrogen-bond donors (Lipinski definition) is 1. The minimum absolute atomic E-state index is 0.289. The lowest BCUT2D eigenvalue weighted by Crippen LogP contribution is -2.01. The van der Waals surface area contributed by atoms with Crippen LogP contribution in [-0.4, -0.2) is 9.97 Å². The summed E-state index contributed by atoms with van der Waals surface area (Å²) in [5.41, 5.74) is 1.30. The summed E-state index contributed by atoms with van der Waals surface area (Å²) in [5, 5.41) is 2.96. The van der Waals surface area contributed by atoms with Gasteiger partial charge in [-0.15, -0.1) is 0 Å². The van der Waals surface area contributed by atoms with Crippen molar-refractivity contribution in [1.82, 2.24) is 9.97 Å². The molecule has 0 saturated carbocycles. The Morgan fingerprint density at radius 1 is 1.28 bits per heavy atom. The molecule has 0 saturated heterocycles. The van der Waals surface area contributed by atoms with E-state index in [2.05, 4.69) is 31.2 Å². The van der Waals surface area contributed by atoms with E-state index in [0.29, 0.717) is 21.9 Å². The molecule has 94 valence electrons. The van der Waals surface area contributed by atoms with Gasteiger partial charge >= 0.3 is 0 Å². The first-order valence-corrected chi connectivity index (χ1v) is 6.44. The SMILES string of the molecule is CCc1nc(Br)cc(Nc2ccc(C)cc2F)n1. The van der Waals surface area contributed by atoms with Crippen molar-refractivity contribution < 1.29 is 4.39 Å². The summed E-state index contributed by atoms with van der Waals surface area (Å²) in [5.74, 6) is 0.999. The summed E-state index contributed by atoms with van der Waals surface area (Å²) in [6, 6.07) is 6.76. The van der Waals surface area contributed by atoms with Crippen LogP contribution in [0.1, 0.15) is 18.3 Å². The third kappa shape index (κ3) is 3.04. The van der Waals surface area contributed by atoms with E-state index in [0.717, 1.165) is 12.0 Å². The fourth-order valence-electron chi connectivity index (χ4n) is 1.55. The van der Waals surface area contributed by atoms with Gasteiger partial charge in [0.2, 0.25) is 0 Å². The first-order chi connectivity index (χ1) is 8.58. The first-order valence-electron chi connectivity index (χ1n) is 5.65. The Bertz CT molecular complexity index is 572. The maximum Gasteiger partial charge on any atom is 0.146 e. The molecule has 0 aliphatic carbocycles. The van der Waals surface area contributed by atoms with E-state index in [-0.39, 0.29) is 5.82 Å². The third-order valence-electron chi connectivity index (χ3n) is 2.44. The summed E-state index contributed by atoms with van der Waals surface area (Å²) in [6.07, 6.45) is 0.727. The maximum absolute atomic E-state index is 13.7. The molecule has 0 radical (unpaired) electrons. The number of aryl methyl sites for hydroxylation is 2. The summed E-state index contributed by atoms with van der Waals surface area (Å²) in [6.45, 7) is 3.82. The van der Waals surface area contributed by atoms with Gasteiger partial charge in [-0.1, -0.05) is 13.0 Å². The van der Waals surface area contributed by atoms with E-state index in [1.807, 2.05) is 19.9 Å². The summed E-state index contributed by atoms with van der Waals surface area (Å²) in [7, 11) is 0. The number of benzene rings is 1. The third-order valence-corrected chi connectivity index (χ3v) is 2.85. The van der Waals surface area contributed by atoms with Crippen molar-refractivity contribution in [2.24, 2.45) is 0 Å². The predicted octanol–water partition coefficient (Wildman–Crippen LogP) is 3.99. The molecular weight excluding hydrogens is 297 g/mol. The monoisotopic (exact) mass is 309 g/mol. The highest BCUT2D eigenvalue weighted by atomic mass is 79.9. The van der Waals surface area contributed by atoms with E-state index in [4.69, 9.17) is 0 Å². The minimum Gasteiger partial charge on any atom is -0.338 e. The van der Waals surface area contributed by atoms with Gasteiger partial charge in [-0.3, -0.25) is 0 Å². The maximum atomic E-state index is 13.7. The van der Waals surface area contributed by atoms with Crippen molar-refractivity contribution in [2.45, 2.75) is 20.3 Å². The molecule has 3 nitrogen and oxygen atoms in total. The van der Waals surface area contributed by atoms with Crippen LogP contribution >= 0.6 is 15.9 Å². The summed E-state index contributed by atoms with van der Waals surface area (Å²) in [4.78, 5) is 8.49. The van der Waals surface area contributed by atoms with E-state index in [1.54, 1.807) is 12.1 Å². The number of anilines is 2. The van der Waals surface area contributed by atoms with Gasteiger partial charge in [-0.05, 0) is 40.5 Å². The fourth-order valence-corrected chi connectivity index (χ4v) is 1.97. The molecule has 0 atom stereocenters. The number of nitrogens with one attached hydrogen (secondary N) is 1. The molecule has 1 aromatic heterocycles. The van der Waals surface area contributed by atoms with Crippen LogP contribution in [0, 0.1) is 12.7 Å². The zero-order chi connectivity index (χ0) is 13.1. The molecule has 1 heterocycles. The van der Waals surface area contributed by atoms with Gasteiger partial charge in [0, 0.05) is 12.5 Å². The van der Waals surface area contributed by atoms with Gasteiger partial charge in [0.15, 0.2) is 0 Å². The van der Waals surface area contributed by atoms with E-state index in [9.17, 15) is 4.39 Å². The molecule has 2 rings (SSSR count). The lowest BCUT2D eigenvalue weighted by molar-refractivity contribution is 0.630. The molecule has 2 aromatic rings. The molecule has 18 heavy (non-hydrogen) atoms. The minimum atomic E-state index is -0.289. The average molecular weight is 310 g/mol. The molecule has 0 unspecified atom stereocenters. The van der Waals surface area contributed by atoms with Crippen LogP contribution in [0.5, 0.6) is 0 Å². The average Bonchev–Trinajstić information content (AvgIpc) is 2.32. The number of nitrogens with zero attached hydrogens (tertiary/aromatic N) is 2. The second-order valence-electron chi connectivity index (χ2n) is 3.95. The van der Waals surface area contributed by atoms with Crippen LogP contribution in [0.15, 0.2) is 28.9 Å². The van der Waals surface area contributed by atoms with E-state index < -0.39 is 0 Å². The largest absolute Gasteiger partial charge is 0.338 e. The van der Waals surface area contributed by atoms with Crippen molar-refractivity contribution in [3.05, 3.63) is 46.1 Å².